The number of hydrogen-bond acceptors (Lipinski definition) is 2. The van der Waals surface area contributed by atoms with E-state index in [1.165, 1.54) is 33.4 Å². The number of rotatable bonds is 10. The fourth-order valence-corrected chi connectivity index (χ4v) is 3.16. The molecule has 32 heavy (non-hydrogen) atoms. The van der Waals surface area contributed by atoms with Gasteiger partial charge < -0.3 is 0 Å². The number of allylic oxidation sites excluding steroid dienone is 12. The van der Waals surface area contributed by atoms with Crippen molar-refractivity contribution < 1.29 is 0 Å². The van der Waals surface area contributed by atoms with E-state index in [0.717, 1.165) is 11.5 Å². The monoisotopic (exact) mass is 456 g/mol. The van der Waals surface area contributed by atoms with Gasteiger partial charge in [-0.25, -0.2) is 0 Å². The summed E-state index contributed by atoms with van der Waals surface area (Å²) in [4.78, 5) is 0. The molecule has 0 aliphatic rings. The molecule has 0 radical (unpaired) electrons. The second-order valence-electron chi connectivity index (χ2n) is 7.44. The van der Waals surface area contributed by atoms with Crippen LogP contribution in [0.5, 0.6) is 0 Å². The lowest BCUT2D eigenvalue weighted by atomic mass is 10.1. The van der Waals surface area contributed by atoms with Crippen LogP contribution < -0.4 is 0 Å². The van der Waals surface area contributed by atoms with Gasteiger partial charge >= 0.3 is 0 Å². The maximum Gasteiger partial charge on any atom is 0.0154 e. The third-order valence-electron chi connectivity index (χ3n) is 4.67. The van der Waals surface area contributed by atoms with Crippen molar-refractivity contribution in [3.8, 4) is 0 Å². The Morgan fingerprint density at radius 3 is 1.28 bits per heavy atom. The van der Waals surface area contributed by atoms with Gasteiger partial charge in [0.25, 0.3) is 0 Å². The van der Waals surface area contributed by atoms with Crippen molar-refractivity contribution in [2.45, 2.75) is 25.4 Å². The zero-order chi connectivity index (χ0) is 23.0. The minimum absolute atomic E-state index is 0.773. The quantitative estimate of drug-likeness (QED) is 0.259. The number of benzene rings is 2. The Hall–Kier alpha value is -2.68. The molecule has 0 aliphatic heterocycles. The number of thiol groups is 2. The van der Waals surface area contributed by atoms with Crippen LogP contribution in [0.3, 0.4) is 0 Å². The van der Waals surface area contributed by atoms with E-state index in [1.807, 2.05) is 0 Å². The molecule has 0 spiro atoms. The van der Waals surface area contributed by atoms with Crippen molar-refractivity contribution in [3.05, 3.63) is 143 Å². The van der Waals surface area contributed by atoms with Crippen LogP contribution >= 0.6 is 25.3 Å². The lowest BCUT2D eigenvalue weighted by molar-refractivity contribution is 1.42. The van der Waals surface area contributed by atoms with Gasteiger partial charge in [-0.05, 0) is 36.1 Å². The van der Waals surface area contributed by atoms with Gasteiger partial charge in [-0.15, -0.1) is 0 Å². The summed E-state index contributed by atoms with van der Waals surface area (Å²) in [6.45, 7) is 4.19. The topological polar surface area (TPSA) is 0 Å². The fourth-order valence-electron chi connectivity index (χ4n) is 2.74. The van der Waals surface area contributed by atoms with E-state index in [2.05, 4.69) is 161 Å². The van der Waals surface area contributed by atoms with E-state index >= 15 is 0 Å². The van der Waals surface area contributed by atoms with Crippen molar-refractivity contribution >= 4 is 37.4 Å². The van der Waals surface area contributed by atoms with Gasteiger partial charge in [0.05, 0.1) is 0 Å². The Kier molecular flexibility index (Phi) is 12.1. The van der Waals surface area contributed by atoms with E-state index in [0.29, 0.717) is 0 Å². The summed E-state index contributed by atoms with van der Waals surface area (Å²) < 4.78 is 0. The molecular weight excluding hydrogens is 424 g/mol. The predicted molar refractivity (Wildman–Crippen MR) is 151 cm³/mol. The van der Waals surface area contributed by atoms with E-state index in [-0.39, 0.29) is 0 Å². The molecular formula is C30H32S2. The summed E-state index contributed by atoms with van der Waals surface area (Å²) in [5.41, 5.74) is 7.25. The Labute approximate surface area is 205 Å². The molecule has 2 rings (SSSR count). The van der Waals surface area contributed by atoms with Gasteiger partial charge in [0.15, 0.2) is 0 Å². The Balaban J connectivity index is 1.78. The molecule has 0 aliphatic carbocycles. The highest BCUT2D eigenvalue weighted by molar-refractivity contribution is 7.79. The van der Waals surface area contributed by atoms with Crippen LogP contribution in [0, 0.1) is 0 Å². The molecule has 0 N–H and O–H groups in total. The first-order valence-electron chi connectivity index (χ1n) is 10.7. The molecule has 0 bridgehead atoms. The molecule has 0 nitrogen and oxygen atoms in total. The zero-order valence-electron chi connectivity index (χ0n) is 18.9. The molecule has 0 amide bonds. The van der Waals surface area contributed by atoms with Crippen molar-refractivity contribution in [1.29, 1.82) is 0 Å². The van der Waals surface area contributed by atoms with Crippen LogP contribution in [0.2, 0.25) is 0 Å². The van der Waals surface area contributed by atoms with Crippen molar-refractivity contribution in [1.82, 2.24) is 0 Å². The van der Waals surface area contributed by atoms with Crippen molar-refractivity contribution in [2.24, 2.45) is 0 Å². The largest absolute Gasteiger partial charge is 0.175 e. The zero-order valence-corrected chi connectivity index (χ0v) is 20.6. The average molecular weight is 457 g/mol. The summed E-state index contributed by atoms with van der Waals surface area (Å²) in [5, 5.41) is 0. The standard InChI is InChI=1S/C30H32S2/c1-25(11-5-7-13-27-15-19-29(23-31)20-16-27)9-3-4-10-26(2)12-6-8-14-28-17-21-30(24-32)22-18-28/h3-22,31-32H,23-24H2,1-2H3/b4-3+,11-5+,12-6+,13-7+,14-8+,25-9+,26-10+. The molecule has 0 saturated heterocycles. The van der Waals surface area contributed by atoms with Crippen LogP contribution in [0.15, 0.2) is 120 Å². The lowest BCUT2D eigenvalue weighted by Crippen LogP contribution is -1.77. The first kappa shape index (κ1) is 25.6. The second kappa shape index (κ2) is 15.2. The molecule has 0 saturated carbocycles. The fraction of sp³-hybridized carbons (Fsp3) is 0.133. The van der Waals surface area contributed by atoms with E-state index in [1.54, 1.807) is 0 Å². The predicted octanol–water partition coefficient (Wildman–Crippen LogP) is 8.83. The van der Waals surface area contributed by atoms with Gasteiger partial charge in [0.2, 0.25) is 0 Å². The normalized spacial score (nSPS) is 13.6. The highest BCUT2D eigenvalue weighted by atomic mass is 32.1. The average Bonchev–Trinajstić information content (AvgIpc) is 2.83. The van der Waals surface area contributed by atoms with Crippen LogP contribution in [0.4, 0.5) is 0 Å². The van der Waals surface area contributed by atoms with Crippen LogP contribution in [-0.2, 0) is 11.5 Å². The Morgan fingerprint density at radius 1 is 0.562 bits per heavy atom. The summed E-state index contributed by atoms with van der Waals surface area (Å²) in [6, 6.07) is 16.9. The first-order chi connectivity index (χ1) is 15.6. The molecule has 2 aromatic rings. The highest BCUT2D eigenvalue weighted by Crippen LogP contribution is 2.09. The molecule has 0 unspecified atom stereocenters. The van der Waals surface area contributed by atoms with Gasteiger partial charge in [-0.3, -0.25) is 0 Å². The molecule has 0 aromatic heterocycles. The van der Waals surface area contributed by atoms with Gasteiger partial charge in [0.1, 0.15) is 0 Å². The second-order valence-corrected chi connectivity index (χ2v) is 8.07. The summed E-state index contributed by atoms with van der Waals surface area (Å²) in [7, 11) is 0. The van der Waals surface area contributed by atoms with Gasteiger partial charge in [-0.1, -0.05) is 133 Å². The third kappa shape index (κ3) is 10.6. The van der Waals surface area contributed by atoms with Gasteiger partial charge in [-0.2, -0.15) is 25.3 Å². The van der Waals surface area contributed by atoms with Crippen molar-refractivity contribution in [3.63, 3.8) is 0 Å². The smallest absolute Gasteiger partial charge is 0.0154 e. The molecule has 0 fully saturated rings. The molecule has 2 heteroatoms. The van der Waals surface area contributed by atoms with Gasteiger partial charge in [0, 0.05) is 11.5 Å². The molecule has 164 valence electrons. The van der Waals surface area contributed by atoms with E-state index in [4.69, 9.17) is 0 Å². The maximum absolute atomic E-state index is 4.28. The maximum atomic E-state index is 4.28. The Morgan fingerprint density at radius 2 is 0.938 bits per heavy atom. The summed E-state index contributed by atoms with van der Waals surface area (Å²) in [5.74, 6) is 1.55. The minimum Gasteiger partial charge on any atom is -0.175 e. The molecule has 2 aromatic carbocycles. The number of hydrogen-bond donors (Lipinski definition) is 2. The van der Waals surface area contributed by atoms with E-state index < -0.39 is 0 Å². The molecule has 0 atom stereocenters. The van der Waals surface area contributed by atoms with Crippen LogP contribution in [-0.4, -0.2) is 0 Å². The van der Waals surface area contributed by atoms with Crippen LogP contribution in [0.1, 0.15) is 36.1 Å². The minimum atomic E-state index is 0.773. The molecule has 0 heterocycles. The third-order valence-corrected chi connectivity index (χ3v) is 5.40. The summed E-state index contributed by atoms with van der Waals surface area (Å²) in [6.07, 6.45) is 25.0. The summed E-state index contributed by atoms with van der Waals surface area (Å²) >= 11 is 8.57. The van der Waals surface area contributed by atoms with Crippen LogP contribution in [0.25, 0.3) is 12.2 Å². The van der Waals surface area contributed by atoms with E-state index in [9.17, 15) is 0 Å². The lowest BCUT2D eigenvalue weighted by Gasteiger charge is -1.96. The SMILES string of the molecule is CC(/C=C/C=C/c1ccc(CS)cc1)=C\C=C\C=C(C)\C=C\C=C\c1ccc(CS)cc1. The Bertz CT molecular complexity index is 940. The first-order valence-corrected chi connectivity index (χ1v) is 12.0. The van der Waals surface area contributed by atoms with Crippen molar-refractivity contribution in [2.75, 3.05) is 0 Å². The highest BCUT2D eigenvalue weighted by Gasteiger charge is 1.89.